The molecule has 1 fully saturated rings. The smallest absolute Gasteiger partial charge is 0.300 e. The molecule has 168 valence electrons. The standard InChI is InChI=1S/C25H21BrN2O5/c1-3-33-17-8-6-7-16(14-17)28-22(19-9-4-5-12-27-19)21(24(30)25(28)31)23(29)15-10-11-20(32-2)18(26)13-15/h4-14,22,29H,3H2,1-2H3/b23-21+. The first-order chi connectivity index (χ1) is 16.0. The van der Waals surface area contributed by atoms with Crippen LogP contribution < -0.4 is 14.4 Å². The zero-order valence-electron chi connectivity index (χ0n) is 18.0. The highest BCUT2D eigenvalue weighted by Crippen LogP contribution is 2.42. The van der Waals surface area contributed by atoms with E-state index in [1.807, 2.05) is 6.92 Å². The molecule has 1 N–H and O–H groups in total. The molecule has 7 nitrogen and oxygen atoms in total. The van der Waals surface area contributed by atoms with Crippen molar-refractivity contribution in [1.29, 1.82) is 0 Å². The van der Waals surface area contributed by atoms with Gasteiger partial charge in [-0.1, -0.05) is 12.1 Å². The number of aromatic nitrogens is 1. The van der Waals surface area contributed by atoms with E-state index in [0.29, 0.717) is 39.5 Å². The average molecular weight is 509 g/mol. The molecule has 33 heavy (non-hydrogen) atoms. The summed E-state index contributed by atoms with van der Waals surface area (Å²) in [6, 6.07) is 16.2. The number of rotatable bonds is 6. The lowest BCUT2D eigenvalue weighted by Gasteiger charge is -2.25. The molecule has 0 radical (unpaired) electrons. The SMILES string of the molecule is CCOc1cccc(N2C(=O)C(=O)/C(=C(/O)c3ccc(OC)c(Br)c3)C2c2ccccn2)c1. The van der Waals surface area contributed by atoms with Crippen LogP contribution in [0.5, 0.6) is 11.5 Å². The van der Waals surface area contributed by atoms with Crippen LogP contribution >= 0.6 is 15.9 Å². The largest absolute Gasteiger partial charge is 0.507 e. The first-order valence-electron chi connectivity index (χ1n) is 10.2. The third kappa shape index (κ3) is 4.21. The Bertz CT molecular complexity index is 1240. The van der Waals surface area contributed by atoms with Crippen molar-refractivity contribution >= 4 is 39.1 Å². The fraction of sp³-hybridized carbons (Fsp3) is 0.160. The van der Waals surface area contributed by atoms with Gasteiger partial charge in [-0.15, -0.1) is 0 Å². The number of methoxy groups -OCH3 is 1. The van der Waals surface area contributed by atoms with Crippen LogP contribution in [0.1, 0.15) is 24.2 Å². The van der Waals surface area contributed by atoms with E-state index in [0.717, 1.165) is 0 Å². The number of ether oxygens (including phenoxy) is 2. The van der Waals surface area contributed by atoms with Crippen molar-refractivity contribution in [2.24, 2.45) is 0 Å². The van der Waals surface area contributed by atoms with E-state index in [9.17, 15) is 14.7 Å². The van der Waals surface area contributed by atoms with Crippen LogP contribution in [0.2, 0.25) is 0 Å². The average Bonchev–Trinajstić information content (AvgIpc) is 3.10. The van der Waals surface area contributed by atoms with Gasteiger partial charge in [0.05, 0.1) is 29.5 Å². The highest BCUT2D eigenvalue weighted by molar-refractivity contribution is 9.10. The lowest BCUT2D eigenvalue weighted by molar-refractivity contribution is -0.132. The fourth-order valence-electron chi connectivity index (χ4n) is 3.78. The molecule has 1 unspecified atom stereocenters. The number of halogens is 1. The molecule has 4 rings (SSSR count). The number of carbonyl (C=O) groups is 2. The van der Waals surface area contributed by atoms with Gasteiger partial charge in [0, 0.05) is 23.5 Å². The highest BCUT2D eigenvalue weighted by Gasteiger charge is 2.47. The Balaban J connectivity index is 1.91. The number of anilines is 1. The summed E-state index contributed by atoms with van der Waals surface area (Å²) in [5, 5.41) is 11.2. The van der Waals surface area contributed by atoms with Gasteiger partial charge >= 0.3 is 0 Å². The molecular weight excluding hydrogens is 488 g/mol. The lowest BCUT2D eigenvalue weighted by Crippen LogP contribution is -2.29. The van der Waals surface area contributed by atoms with Crippen molar-refractivity contribution < 1.29 is 24.2 Å². The third-order valence-corrected chi connectivity index (χ3v) is 5.86. The molecule has 2 heterocycles. The summed E-state index contributed by atoms with van der Waals surface area (Å²) in [6.45, 7) is 2.32. The van der Waals surface area contributed by atoms with Crippen LogP contribution in [0, 0.1) is 0 Å². The minimum absolute atomic E-state index is 0.0439. The number of aliphatic hydroxyl groups excluding tert-OH is 1. The Labute approximate surface area is 199 Å². The molecule has 3 aromatic rings. The maximum Gasteiger partial charge on any atom is 0.300 e. The summed E-state index contributed by atoms with van der Waals surface area (Å²) in [4.78, 5) is 32.1. The quantitative estimate of drug-likeness (QED) is 0.290. The Kier molecular flexibility index (Phi) is 6.46. The number of nitrogens with zero attached hydrogens (tertiary/aromatic N) is 2. The van der Waals surface area contributed by atoms with E-state index in [1.54, 1.807) is 66.9 Å². The van der Waals surface area contributed by atoms with Crippen molar-refractivity contribution in [2.75, 3.05) is 18.6 Å². The van der Waals surface area contributed by atoms with Crippen LogP contribution in [-0.2, 0) is 9.59 Å². The number of ketones is 1. The van der Waals surface area contributed by atoms with E-state index in [1.165, 1.54) is 12.0 Å². The summed E-state index contributed by atoms with van der Waals surface area (Å²) >= 11 is 3.40. The molecule has 2 aromatic carbocycles. The van der Waals surface area contributed by atoms with Gasteiger partial charge < -0.3 is 14.6 Å². The monoisotopic (exact) mass is 508 g/mol. The molecule has 1 saturated heterocycles. The van der Waals surface area contributed by atoms with Gasteiger partial charge in [0.15, 0.2) is 0 Å². The van der Waals surface area contributed by atoms with Gasteiger partial charge in [0.1, 0.15) is 23.3 Å². The van der Waals surface area contributed by atoms with Crippen molar-refractivity contribution in [1.82, 2.24) is 4.98 Å². The van der Waals surface area contributed by atoms with Gasteiger partial charge in [0.25, 0.3) is 11.7 Å². The van der Waals surface area contributed by atoms with Crippen molar-refractivity contribution in [3.8, 4) is 11.5 Å². The molecule has 1 aromatic heterocycles. The van der Waals surface area contributed by atoms with Crippen molar-refractivity contribution in [3.05, 3.63) is 88.2 Å². The summed E-state index contributed by atoms with van der Waals surface area (Å²) < 4.78 is 11.4. The van der Waals surface area contributed by atoms with E-state index >= 15 is 0 Å². The second-order valence-electron chi connectivity index (χ2n) is 7.20. The number of amides is 1. The topological polar surface area (TPSA) is 89.0 Å². The van der Waals surface area contributed by atoms with Crippen LogP contribution in [-0.4, -0.2) is 35.5 Å². The molecule has 0 saturated carbocycles. The molecule has 0 bridgehead atoms. The van der Waals surface area contributed by atoms with Crippen molar-refractivity contribution in [2.45, 2.75) is 13.0 Å². The third-order valence-electron chi connectivity index (χ3n) is 5.24. The number of hydrogen-bond acceptors (Lipinski definition) is 6. The van der Waals surface area contributed by atoms with Gasteiger partial charge in [-0.2, -0.15) is 0 Å². The Morgan fingerprint density at radius 3 is 2.61 bits per heavy atom. The number of Topliss-reactive ketones (excluding diaryl/α,β-unsaturated/α-hetero) is 1. The number of pyridine rings is 1. The minimum atomic E-state index is -0.913. The second-order valence-corrected chi connectivity index (χ2v) is 8.06. The molecule has 0 aliphatic carbocycles. The van der Waals surface area contributed by atoms with Crippen LogP contribution in [0.4, 0.5) is 5.69 Å². The molecule has 8 heteroatoms. The van der Waals surface area contributed by atoms with Crippen molar-refractivity contribution in [3.63, 3.8) is 0 Å². The lowest BCUT2D eigenvalue weighted by atomic mass is 9.98. The number of aliphatic hydroxyl groups is 1. The van der Waals surface area contributed by atoms with Gasteiger partial charge in [-0.3, -0.25) is 19.5 Å². The highest BCUT2D eigenvalue weighted by atomic mass is 79.9. The summed E-state index contributed by atoms with van der Waals surface area (Å²) in [6.07, 6.45) is 1.58. The number of hydrogen-bond donors (Lipinski definition) is 1. The summed E-state index contributed by atoms with van der Waals surface area (Å²) in [7, 11) is 1.53. The maximum absolute atomic E-state index is 13.2. The van der Waals surface area contributed by atoms with E-state index in [4.69, 9.17) is 9.47 Å². The fourth-order valence-corrected chi connectivity index (χ4v) is 4.32. The van der Waals surface area contributed by atoms with Gasteiger partial charge in [0.2, 0.25) is 0 Å². The Hall–Kier alpha value is -3.65. The molecule has 1 aliphatic rings. The number of benzene rings is 2. The van der Waals surface area contributed by atoms with Gasteiger partial charge in [-0.25, -0.2) is 0 Å². The van der Waals surface area contributed by atoms with E-state index < -0.39 is 17.7 Å². The van der Waals surface area contributed by atoms with Crippen LogP contribution in [0.15, 0.2) is 76.9 Å². The van der Waals surface area contributed by atoms with Crippen LogP contribution in [0.25, 0.3) is 5.76 Å². The van der Waals surface area contributed by atoms with Gasteiger partial charge in [-0.05, 0) is 65.3 Å². The first kappa shape index (κ1) is 22.5. The summed E-state index contributed by atoms with van der Waals surface area (Å²) in [5.41, 5.74) is 1.24. The second kappa shape index (κ2) is 9.46. The van der Waals surface area contributed by atoms with E-state index in [-0.39, 0.29) is 11.3 Å². The Morgan fingerprint density at radius 2 is 1.94 bits per heavy atom. The molecule has 0 spiro atoms. The number of carbonyl (C=O) groups excluding carboxylic acids is 2. The Morgan fingerprint density at radius 1 is 1.12 bits per heavy atom. The predicted octanol–water partition coefficient (Wildman–Crippen LogP) is 4.88. The molecule has 1 atom stereocenters. The molecule has 1 aliphatic heterocycles. The normalized spacial score (nSPS) is 17.3. The van der Waals surface area contributed by atoms with Crippen LogP contribution in [0.3, 0.4) is 0 Å². The summed E-state index contributed by atoms with van der Waals surface area (Å²) in [5.74, 6) is -0.710. The zero-order chi connectivity index (χ0) is 23.5. The predicted molar refractivity (Wildman–Crippen MR) is 127 cm³/mol. The minimum Gasteiger partial charge on any atom is -0.507 e. The molecular formula is C25H21BrN2O5. The zero-order valence-corrected chi connectivity index (χ0v) is 19.6. The molecule has 1 amide bonds. The van der Waals surface area contributed by atoms with E-state index in [2.05, 4.69) is 20.9 Å². The maximum atomic E-state index is 13.2. The first-order valence-corrected chi connectivity index (χ1v) is 11.0.